The van der Waals surface area contributed by atoms with Crippen molar-refractivity contribution >= 4 is 17.7 Å². The second-order valence-electron chi connectivity index (χ2n) is 5.50. The van der Waals surface area contributed by atoms with Crippen molar-refractivity contribution in [3.8, 4) is 0 Å². The van der Waals surface area contributed by atoms with Crippen molar-refractivity contribution in [1.82, 2.24) is 4.90 Å². The van der Waals surface area contributed by atoms with E-state index in [0.29, 0.717) is 19.5 Å². The van der Waals surface area contributed by atoms with E-state index in [1.54, 1.807) is 4.90 Å². The molecule has 2 unspecified atom stereocenters. The normalized spacial score (nSPS) is 21.9. The Hall–Kier alpha value is -2.08. The quantitative estimate of drug-likeness (QED) is 0.787. The van der Waals surface area contributed by atoms with E-state index in [2.05, 4.69) is 5.32 Å². The van der Waals surface area contributed by atoms with Gasteiger partial charge in [-0.15, -0.1) is 0 Å². The fourth-order valence-corrected chi connectivity index (χ4v) is 2.67. The van der Waals surface area contributed by atoms with Crippen molar-refractivity contribution in [3.05, 3.63) is 30.3 Å². The van der Waals surface area contributed by atoms with Crippen LogP contribution in [-0.2, 0) is 4.79 Å². The van der Waals surface area contributed by atoms with E-state index in [9.17, 15) is 9.59 Å². The third kappa shape index (κ3) is 4.75. The predicted octanol–water partition coefficient (Wildman–Crippen LogP) is 1.73. The average Bonchev–Trinajstić information content (AvgIpc) is 2.45. The number of nitrogens with one attached hydrogen (secondary N) is 1. The summed E-state index contributed by atoms with van der Waals surface area (Å²) in [5.41, 5.74) is 6.72. The van der Waals surface area contributed by atoms with Gasteiger partial charge in [0.1, 0.15) is 0 Å². The zero-order valence-corrected chi connectivity index (χ0v) is 11.9. The fourth-order valence-electron chi connectivity index (χ4n) is 2.67. The molecule has 0 aromatic heterocycles. The highest BCUT2D eigenvalue weighted by atomic mass is 16.4. The number of aliphatic carboxylic acids is 1. The number of rotatable bonds is 4. The molecule has 0 saturated carbocycles. The minimum absolute atomic E-state index is 0.0981. The molecule has 0 spiro atoms. The molecule has 1 aromatic rings. The minimum atomic E-state index is -0.811. The maximum absolute atomic E-state index is 12.2. The zero-order chi connectivity index (χ0) is 15.2. The lowest BCUT2D eigenvalue weighted by Crippen LogP contribution is -2.50. The second kappa shape index (κ2) is 7.08. The van der Waals surface area contributed by atoms with Crippen LogP contribution in [0.2, 0.25) is 0 Å². The van der Waals surface area contributed by atoms with Crippen LogP contribution in [0.1, 0.15) is 19.3 Å². The molecule has 4 N–H and O–H groups in total. The molecule has 114 valence electrons. The van der Waals surface area contributed by atoms with Gasteiger partial charge in [0.2, 0.25) is 0 Å². The van der Waals surface area contributed by atoms with Gasteiger partial charge in [0.25, 0.3) is 0 Å². The summed E-state index contributed by atoms with van der Waals surface area (Å²) < 4.78 is 0. The Morgan fingerprint density at radius 3 is 2.67 bits per heavy atom. The number of carboxylic acids is 1. The molecule has 0 radical (unpaired) electrons. The summed E-state index contributed by atoms with van der Waals surface area (Å²) in [4.78, 5) is 24.6. The molecule has 2 atom stereocenters. The molecule has 21 heavy (non-hydrogen) atoms. The van der Waals surface area contributed by atoms with Crippen molar-refractivity contribution in [2.24, 2.45) is 11.7 Å². The van der Waals surface area contributed by atoms with Gasteiger partial charge in [-0.3, -0.25) is 4.79 Å². The van der Waals surface area contributed by atoms with Crippen molar-refractivity contribution in [1.29, 1.82) is 0 Å². The summed E-state index contributed by atoms with van der Waals surface area (Å²) in [6.07, 6.45) is 1.44. The summed E-state index contributed by atoms with van der Waals surface area (Å²) in [6.45, 7) is 1.06. The maximum atomic E-state index is 12.2. The smallest absolute Gasteiger partial charge is 0.321 e. The first-order valence-corrected chi connectivity index (χ1v) is 7.13. The van der Waals surface area contributed by atoms with Gasteiger partial charge in [-0.2, -0.15) is 0 Å². The lowest BCUT2D eigenvalue weighted by Gasteiger charge is -2.36. The predicted molar refractivity (Wildman–Crippen MR) is 80.0 cm³/mol. The number of nitrogens with two attached hydrogens (primary N) is 1. The summed E-state index contributed by atoms with van der Waals surface area (Å²) in [5.74, 6) is -0.666. The van der Waals surface area contributed by atoms with Crippen molar-refractivity contribution < 1.29 is 14.7 Å². The number of likely N-dealkylation sites (tertiary alicyclic amines) is 1. The SMILES string of the molecule is NC1CC(CCC(=O)O)CN(C(=O)Nc2ccccc2)C1. The van der Waals surface area contributed by atoms with Gasteiger partial charge < -0.3 is 21.1 Å². The number of carbonyl (C=O) groups is 2. The first kappa shape index (κ1) is 15.3. The molecule has 2 rings (SSSR count). The largest absolute Gasteiger partial charge is 0.481 e. The highest BCUT2D eigenvalue weighted by Crippen LogP contribution is 2.21. The topological polar surface area (TPSA) is 95.7 Å². The molecular formula is C15H21N3O3. The lowest BCUT2D eigenvalue weighted by molar-refractivity contribution is -0.137. The molecule has 1 aliphatic heterocycles. The Morgan fingerprint density at radius 1 is 1.29 bits per heavy atom. The number of anilines is 1. The monoisotopic (exact) mass is 291 g/mol. The minimum Gasteiger partial charge on any atom is -0.481 e. The molecule has 1 fully saturated rings. The van der Waals surface area contributed by atoms with Crippen LogP contribution in [0.25, 0.3) is 0 Å². The number of carboxylic acid groups (broad SMARTS) is 1. The Bertz CT molecular complexity index is 492. The van der Waals surface area contributed by atoms with Crippen molar-refractivity contribution in [2.75, 3.05) is 18.4 Å². The summed E-state index contributed by atoms with van der Waals surface area (Å²) >= 11 is 0. The van der Waals surface area contributed by atoms with Crippen LogP contribution in [0.4, 0.5) is 10.5 Å². The number of urea groups is 1. The standard InChI is InChI=1S/C15H21N3O3/c16-12-8-11(6-7-14(19)20)9-18(10-12)15(21)17-13-4-2-1-3-5-13/h1-5,11-12H,6-10,16H2,(H,17,21)(H,19,20). The number of nitrogens with zero attached hydrogens (tertiary/aromatic N) is 1. The third-order valence-corrected chi connectivity index (χ3v) is 3.65. The highest BCUT2D eigenvalue weighted by Gasteiger charge is 2.28. The second-order valence-corrected chi connectivity index (χ2v) is 5.50. The van der Waals surface area contributed by atoms with Crippen LogP contribution < -0.4 is 11.1 Å². The van der Waals surface area contributed by atoms with Gasteiger partial charge in [-0.1, -0.05) is 18.2 Å². The molecule has 6 nitrogen and oxygen atoms in total. The molecule has 1 aromatic carbocycles. The van der Waals surface area contributed by atoms with E-state index in [0.717, 1.165) is 12.1 Å². The lowest BCUT2D eigenvalue weighted by atomic mass is 9.91. The van der Waals surface area contributed by atoms with E-state index in [-0.39, 0.29) is 24.4 Å². The first-order valence-electron chi connectivity index (χ1n) is 7.13. The van der Waals surface area contributed by atoms with Crippen LogP contribution in [0.5, 0.6) is 0 Å². The molecule has 1 saturated heterocycles. The van der Waals surface area contributed by atoms with Crippen molar-refractivity contribution in [3.63, 3.8) is 0 Å². The number of carbonyl (C=O) groups excluding carboxylic acids is 1. The van der Waals surface area contributed by atoms with Crippen LogP contribution in [0.3, 0.4) is 0 Å². The summed E-state index contributed by atoms with van der Waals surface area (Å²) in [6, 6.07) is 8.96. The van der Waals surface area contributed by atoms with Crippen LogP contribution >= 0.6 is 0 Å². The Morgan fingerprint density at radius 2 is 2.00 bits per heavy atom. The molecular weight excluding hydrogens is 270 g/mol. The van der Waals surface area contributed by atoms with Crippen molar-refractivity contribution in [2.45, 2.75) is 25.3 Å². The van der Waals surface area contributed by atoms with Crippen LogP contribution in [-0.4, -0.2) is 41.1 Å². The molecule has 0 aliphatic carbocycles. The number of amides is 2. The third-order valence-electron chi connectivity index (χ3n) is 3.65. The summed E-state index contributed by atoms with van der Waals surface area (Å²) in [7, 11) is 0. The van der Waals surface area contributed by atoms with Gasteiger partial charge in [0, 0.05) is 31.2 Å². The van der Waals surface area contributed by atoms with Gasteiger partial charge in [0.05, 0.1) is 0 Å². The zero-order valence-electron chi connectivity index (χ0n) is 11.9. The van der Waals surface area contributed by atoms with Gasteiger partial charge >= 0.3 is 12.0 Å². The molecule has 1 aliphatic rings. The molecule has 0 bridgehead atoms. The van der Waals surface area contributed by atoms with E-state index in [1.807, 2.05) is 30.3 Å². The van der Waals surface area contributed by atoms with Gasteiger partial charge in [-0.25, -0.2) is 4.79 Å². The van der Waals surface area contributed by atoms with Crippen LogP contribution in [0, 0.1) is 5.92 Å². The maximum Gasteiger partial charge on any atom is 0.321 e. The van der Waals surface area contributed by atoms with Crippen LogP contribution in [0.15, 0.2) is 30.3 Å². The van der Waals surface area contributed by atoms with E-state index in [1.165, 1.54) is 0 Å². The first-order chi connectivity index (χ1) is 10.0. The molecule has 1 heterocycles. The highest BCUT2D eigenvalue weighted by molar-refractivity contribution is 5.89. The number of benzene rings is 1. The Balaban J connectivity index is 1.91. The fraction of sp³-hybridized carbons (Fsp3) is 0.467. The number of hydrogen-bond donors (Lipinski definition) is 3. The number of piperidine rings is 1. The van der Waals surface area contributed by atoms with Gasteiger partial charge in [0.15, 0.2) is 0 Å². The number of hydrogen-bond acceptors (Lipinski definition) is 3. The Labute approximate surface area is 123 Å². The summed E-state index contributed by atoms with van der Waals surface area (Å²) in [5, 5.41) is 11.6. The number of para-hydroxylation sites is 1. The van der Waals surface area contributed by atoms with E-state index in [4.69, 9.17) is 10.8 Å². The van der Waals surface area contributed by atoms with E-state index < -0.39 is 5.97 Å². The van der Waals surface area contributed by atoms with E-state index >= 15 is 0 Å². The molecule has 6 heteroatoms. The van der Waals surface area contributed by atoms with Gasteiger partial charge in [-0.05, 0) is 30.9 Å². The Kier molecular flexibility index (Phi) is 5.16. The molecule has 2 amide bonds. The average molecular weight is 291 g/mol.